The van der Waals surface area contributed by atoms with Gasteiger partial charge in [-0.1, -0.05) is 12.1 Å². The van der Waals surface area contributed by atoms with Gasteiger partial charge in [0.05, 0.1) is 7.11 Å². The van der Waals surface area contributed by atoms with Crippen molar-refractivity contribution in [3.05, 3.63) is 29.8 Å². The Bertz CT molecular complexity index is 405. The van der Waals surface area contributed by atoms with E-state index in [1.54, 1.807) is 12.0 Å². The van der Waals surface area contributed by atoms with Crippen LogP contribution in [0.25, 0.3) is 0 Å². The molecule has 0 saturated heterocycles. The summed E-state index contributed by atoms with van der Waals surface area (Å²) in [6.45, 7) is 2.57. The average Bonchev–Trinajstić information content (AvgIpc) is 2.38. The summed E-state index contributed by atoms with van der Waals surface area (Å²) in [5.74, 6) is 0.971. The number of hydrogen-bond donors (Lipinski definition) is 1. The van der Waals surface area contributed by atoms with Crippen molar-refractivity contribution in [3.63, 3.8) is 0 Å². The molecule has 1 atom stereocenters. The predicted molar refractivity (Wildman–Crippen MR) is 77.0 cm³/mol. The number of carbonyl (C=O) groups excluding carboxylic acids is 1. The smallest absolute Gasteiger partial charge is 0.222 e. The molecule has 4 heteroatoms. The minimum Gasteiger partial charge on any atom is -0.497 e. The van der Waals surface area contributed by atoms with Gasteiger partial charge in [-0.15, -0.1) is 0 Å². The van der Waals surface area contributed by atoms with Crippen molar-refractivity contribution in [3.8, 4) is 5.75 Å². The van der Waals surface area contributed by atoms with Crippen LogP contribution < -0.4 is 10.5 Å². The Hall–Kier alpha value is -1.55. The summed E-state index contributed by atoms with van der Waals surface area (Å²) in [6, 6.07) is 7.94. The number of benzene rings is 1. The van der Waals surface area contributed by atoms with Crippen LogP contribution in [0.4, 0.5) is 0 Å². The van der Waals surface area contributed by atoms with Crippen LogP contribution in [0.2, 0.25) is 0 Å². The topological polar surface area (TPSA) is 55.6 Å². The molecule has 1 amide bonds. The molecule has 0 heterocycles. The highest BCUT2D eigenvalue weighted by Crippen LogP contribution is 2.14. The Morgan fingerprint density at radius 2 is 2.21 bits per heavy atom. The number of hydrogen-bond acceptors (Lipinski definition) is 3. The summed E-state index contributed by atoms with van der Waals surface area (Å²) in [5, 5.41) is 0. The SMILES string of the molecule is COc1cccc(CN(C)C(=O)CCCC(C)N)c1. The van der Waals surface area contributed by atoms with E-state index in [0.29, 0.717) is 13.0 Å². The van der Waals surface area contributed by atoms with Crippen LogP contribution in [0.1, 0.15) is 31.7 Å². The number of nitrogens with zero attached hydrogens (tertiary/aromatic N) is 1. The summed E-state index contributed by atoms with van der Waals surface area (Å²) in [7, 11) is 3.47. The van der Waals surface area contributed by atoms with Crippen LogP contribution in [0, 0.1) is 0 Å². The molecule has 0 fully saturated rings. The van der Waals surface area contributed by atoms with E-state index in [2.05, 4.69) is 0 Å². The largest absolute Gasteiger partial charge is 0.497 e. The highest BCUT2D eigenvalue weighted by molar-refractivity contribution is 5.75. The van der Waals surface area contributed by atoms with Crippen molar-refractivity contribution in [2.24, 2.45) is 5.73 Å². The fourth-order valence-electron chi connectivity index (χ4n) is 1.90. The van der Waals surface area contributed by atoms with Gasteiger partial charge in [0.1, 0.15) is 5.75 Å². The molecule has 1 unspecified atom stereocenters. The van der Waals surface area contributed by atoms with Gasteiger partial charge in [-0.05, 0) is 37.5 Å². The molecular formula is C15H24N2O2. The van der Waals surface area contributed by atoms with E-state index in [1.165, 1.54) is 0 Å². The number of nitrogens with two attached hydrogens (primary N) is 1. The molecule has 19 heavy (non-hydrogen) atoms. The predicted octanol–water partition coefficient (Wildman–Crippen LogP) is 2.17. The fourth-order valence-corrected chi connectivity index (χ4v) is 1.90. The van der Waals surface area contributed by atoms with Gasteiger partial charge in [0.2, 0.25) is 5.91 Å². The Morgan fingerprint density at radius 3 is 2.84 bits per heavy atom. The lowest BCUT2D eigenvalue weighted by Crippen LogP contribution is -2.26. The van der Waals surface area contributed by atoms with Gasteiger partial charge in [0.15, 0.2) is 0 Å². The summed E-state index contributed by atoms with van der Waals surface area (Å²) >= 11 is 0. The number of ether oxygens (including phenoxy) is 1. The van der Waals surface area contributed by atoms with E-state index in [1.807, 2.05) is 38.2 Å². The first-order valence-corrected chi connectivity index (χ1v) is 6.65. The van der Waals surface area contributed by atoms with Gasteiger partial charge in [-0.3, -0.25) is 4.79 Å². The highest BCUT2D eigenvalue weighted by atomic mass is 16.5. The Balaban J connectivity index is 2.44. The highest BCUT2D eigenvalue weighted by Gasteiger charge is 2.09. The summed E-state index contributed by atoms with van der Waals surface area (Å²) in [6.07, 6.45) is 2.29. The minimum atomic E-state index is 0.156. The second kappa shape index (κ2) is 7.79. The zero-order valence-electron chi connectivity index (χ0n) is 12.1. The molecule has 2 N–H and O–H groups in total. The molecule has 0 aromatic heterocycles. The fraction of sp³-hybridized carbons (Fsp3) is 0.533. The first kappa shape index (κ1) is 15.5. The molecule has 0 bridgehead atoms. The molecule has 1 aromatic rings. The zero-order chi connectivity index (χ0) is 14.3. The van der Waals surface area contributed by atoms with Gasteiger partial charge < -0.3 is 15.4 Å². The van der Waals surface area contributed by atoms with E-state index in [9.17, 15) is 4.79 Å². The molecule has 0 saturated carbocycles. The molecule has 106 valence electrons. The number of carbonyl (C=O) groups is 1. The van der Waals surface area contributed by atoms with Crippen LogP contribution in [-0.2, 0) is 11.3 Å². The quantitative estimate of drug-likeness (QED) is 0.821. The Morgan fingerprint density at radius 1 is 1.47 bits per heavy atom. The van der Waals surface area contributed by atoms with Gasteiger partial charge in [-0.2, -0.15) is 0 Å². The van der Waals surface area contributed by atoms with E-state index in [0.717, 1.165) is 24.2 Å². The van der Waals surface area contributed by atoms with Gasteiger partial charge in [0, 0.05) is 26.1 Å². The lowest BCUT2D eigenvalue weighted by molar-refractivity contribution is -0.130. The maximum atomic E-state index is 11.9. The first-order chi connectivity index (χ1) is 9.02. The third-order valence-corrected chi connectivity index (χ3v) is 3.03. The first-order valence-electron chi connectivity index (χ1n) is 6.65. The molecule has 0 aliphatic rings. The van der Waals surface area contributed by atoms with Gasteiger partial charge >= 0.3 is 0 Å². The molecular weight excluding hydrogens is 240 g/mol. The second-order valence-electron chi connectivity index (χ2n) is 4.97. The Kier molecular flexibility index (Phi) is 6.36. The molecule has 0 spiro atoms. The lowest BCUT2D eigenvalue weighted by Gasteiger charge is -2.18. The number of methoxy groups -OCH3 is 1. The molecule has 0 radical (unpaired) electrons. The third kappa shape index (κ3) is 5.75. The van der Waals surface area contributed by atoms with Gasteiger partial charge in [-0.25, -0.2) is 0 Å². The van der Waals surface area contributed by atoms with Crippen molar-refractivity contribution >= 4 is 5.91 Å². The summed E-state index contributed by atoms with van der Waals surface area (Å²) < 4.78 is 5.17. The van der Waals surface area contributed by atoms with Crippen molar-refractivity contribution in [2.75, 3.05) is 14.2 Å². The van der Waals surface area contributed by atoms with Crippen molar-refractivity contribution in [1.29, 1.82) is 0 Å². The normalized spacial score (nSPS) is 12.0. The molecule has 4 nitrogen and oxygen atoms in total. The van der Waals surface area contributed by atoms with Crippen LogP contribution in [-0.4, -0.2) is 31.0 Å². The molecule has 1 rings (SSSR count). The van der Waals surface area contributed by atoms with Crippen LogP contribution in [0.3, 0.4) is 0 Å². The standard InChI is InChI=1S/C15H24N2O2/c1-12(16)6-4-9-15(18)17(2)11-13-7-5-8-14(10-13)19-3/h5,7-8,10,12H,4,6,9,11,16H2,1-3H3. The van der Waals surface area contributed by atoms with Crippen molar-refractivity contribution in [1.82, 2.24) is 4.90 Å². The second-order valence-corrected chi connectivity index (χ2v) is 4.97. The van der Waals surface area contributed by atoms with Gasteiger partial charge in [0.25, 0.3) is 0 Å². The van der Waals surface area contributed by atoms with Crippen molar-refractivity contribution < 1.29 is 9.53 Å². The van der Waals surface area contributed by atoms with E-state index >= 15 is 0 Å². The molecule has 0 aliphatic carbocycles. The number of rotatable bonds is 7. The zero-order valence-corrected chi connectivity index (χ0v) is 12.1. The minimum absolute atomic E-state index is 0.156. The van der Waals surface area contributed by atoms with Crippen LogP contribution >= 0.6 is 0 Å². The van der Waals surface area contributed by atoms with Crippen LogP contribution in [0.15, 0.2) is 24.3 Å². The Labute approximate surface area is 115 Å². The monoisotopic (exact) mass is 264 g/mol. The third-order valence-electron chi connectivity index (χ3n) is 3.03. The molecule has 0 aliphatic heterocycles. The summed E-state index contributed by atoms with van der Waals surface area (Å²) in [4.78, 5) is 13.7. The maximum absolute atomic E-state index is 11.9. The summed E-state index contributed by atoms with van der Waals surface area (Å²) in [5.41, 5.74) is 6.74. The maximum Gasteiger partial charge on any atom is 0.222 e. The van der Waals surface area contributed by atoms with E-state index in [4.69, 9.17) is 10.5 Å². The van der Waals surface area contributed by atoms with E-state index < -0.39 is 0 Å². The van der Waals surface area contributed by atoms with E-state index in [-0.39, 0.29) is 11.9 Å². The molecule has 1 aromatic carbocycles. The van der Waals surface area contributed by atoms with Crippen LogP contribution in [0.5, 0.6) is 5.75 Å². The van der Waals surface area contributed by atoms with Crippen molar-refractivity contribution in [2.45, 2.75) is 38.8 Å². The average molecular weight is 264 g/mol. The number of amides is 1. The lowest BCUT2D eigenvalue weighted by atomic mass is 10.1.